The van der Waals surface area contributed by atoms with Crippen LogP contribution in [0.2, 0.25) is 0 Å². The van der Waals surface area contributed by atoms with Crippen molar-refractivity contribution in [3.05, 3.63) is 17.6 Å². The average molecular weight is 418 g/mol. The van der Waals surface area contributed by atoms with E-state index in [9.17, 15) is 14.4 Å². The van der Waals surface area contributed by atoms with E-state index in [0.29, 0.717) is 25.5 Å². The fourth-order valence-corrected chi connectivity index (χ4v) is 4.05. The molecular formula is C21H31N5O4. The van der Waals surface area contributed by atoms with Gasteiger partial charge in [0, 0.05) is 46.1 Å². The summed E-state index contributed by atoms with van der Waals surface area (Å²) in [6, 6.07) is 1.85. The molecule has 0 radical (unpaired) electrons. The molecule has 2 amide bonds. The van der Waals surface area contributed by atoms with Crippen LogP contribution in [-0.2, 0) is 25.7 Å². The zero-order valence-corrected chi connectivity index (χ0v) is 18.4. The number of nitrogens with zero attached hydrogens (tertiary/aromatic N) is 4. The van der Waals surface area contributed by atoms with Crippen molar-refractivity contribution in [3.63, 3.8) is 0 Å². The number of nitrogens with one attached hydrogen (secondary N) is 1. The van der Waals surface area contributed by atoms with Gasteiger partial charge >= 0.3 is 5.97 Å². The Morgan fingerprint density at radius 3 is 2.50 bits per heavy atom. The van der Waals surface area contributed by atoms with Crippen molar-refractivity contribution >= 4 is 23.6 Å². The lowest BCUT2D eigenvalue weighted by molar-refractivity contribution is -0.149. The molecule has 2 aliphatic rings. The molecule has 1 unspecified atom stereocenters. The summed E-state index contributed by atoms with van der Waals surface area (Å²) in [5.41, 5.74) is 0.0244. The fourth-order valence-electron chi connectivity index (χ4n) is 4.05. The first kappa shape index (κ1) is 22.0. The highest BCUT2D eigenvalue weighted by Gasteiger charge is 2.47. The Kier molecular flexibility index (Phi) is 6.28. The van der Waals surface area contributed by atoms with Gasteiger partial charge in [0.25, 0.3) is 0 Å². The Morgan fingerprint density at radius 2 is 1.97 bits per heavy atom. The number of piperidine rings is 1. The van der Waals surface area contributed by atoms with Gasteiger partial charge in [0.15, 0.2) is 0 Å². The Balaban J connectivity index is 1.68. The molecule has 30 heavy (non-hydrogen) atoms. The summed E-state index contributed by atoms with van der Waals surface area (Å²) in [6.07, 6.45) is 1.65. The van der Waals surface area contributed by atoms with Crippen LogP contribution in [0.25, 0.3) is 0 Å². The van der Waals surface area contributed by atoms with Crippen LogP contribution in [0.5, 0.6) is 0 Å². The Bertz CT molecular complexity index is 833. The first-order chi connectivity index (χ1) is 14.1. The zero-order chi connectivity index (χ0) is 22.1. The molecule has 1 aromatic rings. The minimum atomic E-state index is -0.757. The van der Waals surface area contributed by atoms with Gasteiger partial charge in [0.1, 0.15) is 17.2 Å². The molecule has 2 saturated heterocycles. The van der Waals surface area contributed by atoms with Crippen LogP contribution in [0.15, 0.2) is 6.07 Å². The number of aromatic nitrogens is 2. The summed E-state index contributed by atoms with van der Waals surface area (Å²) in [6.45, 7) is 6.73. The van der Waals surface area contributed by atoms with E-state index in [1.54, 1.807) is 32.8 Å². The van der Waals surface area contributed by atoms with E-state index in [-0.39, 0.29) is 30.1 Å². The van der Waals surface area contributed by atoms with Crippen molar-refractivity contribution in [2.75, 3.05) is 32.5 Å². The van der Waals surface area contributed by atoms with Crippen molar-refractivity contribution in [1.29, 1.82) is 0 Å². The lowest BCUT2D eigenvalue weighted by Gasteiger charge is -2.35. The summed E-state index contributed by atoms with van der Waals surface area (Å²) in [4.78, 5) is 48.9. The van der Waals surface area contributed by atoms with Gasteiger partial charge in [-0.3, -0.25) is 14.4 Å². The molecule has 0 bridgehead atoms. The van der Waals surface area contributed by atoms with Crippen LogP contribution in [0, 0.1) is 5.92 Å². The second-order valence-corrected chi connectivity index (χ2v) is 8.66. The number of ether oxygens (including phenoxy) is 1. The Hall–Kier alpha value is -2.71. The van der Waals surface area contributed by atoms with E-state index < -0.39 is 11.5 Å². The van der Waals surface area contributed by atoms with Crippen LogP contribution in [0.1, 0.15) is 57.5 Å². The molecule has 1 atom stereocenters. The molecule has 2 aliphatic heterocycles. The van der Waals surface area contributed by atoms with Gasteiger partial charge in [-0.25, -0.2) is 9.97 Å². The summed E-state index contributed by atoms with van der Waals surface area (Å²) in [5, 5.41) is 3.06. The lowest BCUT2D eigenvalue weighted by Crippen LogP contribution is -2.46. The van der Waals surface area contributed by atoms with Gasteiger partial charge < -0.3 is 19.9 Å². The third kappa shape index (κ3) is 4.71. The van der Waals surface area contributed by atoms with Crippen molar-refractivity contribution < 1.29 is 19.1 Å². The average Bonchev–Trinajstić information content (AvgIpc) is 2.99. The molecule has 9 heteroatoms. The van der Waals surface area contributed by atoms with Gasteiger partial charge in [0.2, 0.25) is 11.8 Å². The molecule has 1 aromatic heterocycles. The first-order valence-electron chi connectivity index (χ1n) is 10.4. The molecule has 3 heterocycles. The first-order valence-corrected chi connectivity index (χ1v) is 10.4. The standard InChI is InChI=1S/C21H31N5O4/c1-13(27)25(5)12-15-10-17(22-4)24-19(23-15)14-6-8-26(9-7-14)20(29)16-11-18(28)30-21(16,2)3/h10,14,16H,6-9,11-12H2,1-5H3,(H,22,23,24). The van der Waals surface area contributed by atoms with Gasteiger partial charge in [-0.05, 0) is 26.7 Å². The molecule has 9 nitrogen and oxygen atoms in total. The molecular weight excluding hydrogens is 386 g/mol. The number of anilines is 1. The van der Waals surface area contributed by atoms with Crippen molar-refractivity contribution in [1.82, 2.24) is 19.8 Å². The largest absolute Gasteiger partial charge is 0.459 e. The summed E-state index contributed by atoms with van der Waals surface area (Å²) in [5.74, 6) is 0.809. The van der Waals surface area contributed by atoms with Crippen LogP contribution in [0.4, 0.5) is 5.82 Å². The van der Waals surface area contributed by atoms with Crippen LogP contribution in [0.3, 0.4) is 0 Å². The topological polar surface area (TPSA) is 105 Å². The highest BCUT2D eigenvalue weighted by atomic mass is 16.6. The maximum Gasteiger partial charge on any atom is 0.307 e. The van der Waals surface area contributed by atoms with Gasteiger partial charge in [-0.15, -0.1) is 0 Å². The maximum absolute atomic E-state index is 13.0. The predicted octanol–water partition coefficient (Wildman–Crippen LogP) is 1.54. The zero-order valence-electron chi connectivity index (χ0n) is 18.4. The fraction of sp³-hybridized carbons (Fsp3) is 0.667. The van der Waals surface area contributed by atoms with E-state index >= 15 is 0 Å². The number of likely N-dealkylation sites (tertiary alicyclic amines) is 1. The van der Waals surface area contributed by atoms with Crippen molar-refractivity contribution in [2.45, 2.75) is 58.1 Å². The number of carbonyl (C=O) groups excluding carboxylic acids is 3. The van der Waals surface area contributed by atoms with E-state index in [1.165, 1.54) is 6.92 Å². The quantitative estimate of drug-likeness (QED) is 0.725. The van der Waals surface area contributed by atoms with E-state index in [0.717, 1.165) is 24.4 Å². The normalized spacial score (nSPS) is 21.3. The smallest absolute Gasteiger partial charge is 0.307 e. The maximum atomic E-state index is 13.0. The number of hydrogen-bond donors (Lipinski definition) is 1. The SMILES string of the molecule is CNc1cc(CN(C)C(C)=O)nc(C2CCN(C(=O)C3CC(=O)OC3(C)C)CC2)n1. The molecule has 0 aromatic carbocycles. The van der Waals surface area contributed by atoms with E-state index in [2.05, 4.69) is 10.3 Å². The molecule has 0 saturated carbocycles. The second kappa shape index (κ2) is 8.57. The Morgan fingerprint density at radius 1 is 1.30 bits per heavy atom. The van der Waals surface area contributed by atoms with Crippen LogP contribution >= 0.6 is 0 Å². The number of rotatable bonds is 5. The van der Waals surface area contributed by atoms with Crippen LogP contribution in [-0.4, -0.2) is 70.3 Å². The predicted molar refractivity (Wildman–Crippen MR) is 111 cm³/mol. The second-order valence-electron chi connectivity index (χ2n) is 8.66. The monoisotopic (exact) mass is 417 g/mol. The molecule has 1 N–H and O–H groups in total. The van der Waals surface area contributed by atoms with Crippen molar-refractivity contribution in [3.8, 4) is 0 Å². The van der Waals surface area contributed by atoms with Gasteiger partial charge in [-0.1, -0.05) is 0 Å². The molecule has 3 rings (SSSR count). The highest BCUT2D eigenvalue weighted by Crippen LogP contribution is 2.35. The number of esters is 1. The third-order valence-corrected chi connectivity index (χ3v) is 6.05. The summed E-state index contributed by atoms with van der Waals surface area (Å²) in [7, 11) is 3.55. The van der Waals surface area contributed by atoms with E-state index in [1.807, 2.05) is 11.0 Å². The third-order valence-electron chi connectivity index (χ3n) is 6.05. The number of amides is 2. The molecule has 0 spiro atoms. The number of hydrogen-bond acceptors (Lipinski definition) is 7. The molecule has 164 valence electrons. The number of carbonyl (C=O) groups is 3. The van der Waals surface area contributed by atoms with Gasteiger partial charge in [-0.2, -0.15) is 0 Å². The lowest BCUT2D eigenvalue weighted by atomic mass is 9.88. The Labute approximate surface area is 177 Å². The van der Waals surface area contributed by atoms with Crippen LogP contribution < -0.4 is 5.32 Å². The summed E-state index contributed by atoms with van der Waals surface area (Å²) >= 11 is 0. The molecule has 2 fully saturated rings. The van der Waals surface area contributed by atoms with Gasteiger partial charge in [0.05, 0.1) is 24.6 Å². The molecule has 0 aliphatic carbocycles. The number of cyclic esters (lactones) is 1. The minimum Gasteiger partial charge on any atom is -0.459 e. The van der Waals surface area contributed by atoms with E-state index in [4.69, 9.17) is 9.72 Å². The summed E-state index contributed by atoms with van der Waals surface area (Å²) < 4.78 is 5.31. The van der Waals surface area contributed by atoms with Crippen molar-refractivity contribution in [2.24, 2.45) is 5.92 Å². The minimum absolute atomic E-state index is 0.0158. The highest BCUT2D eigenvalue weighted by molar-refractivity contribution is 5.87.